The fourth-order valence-corrected chi connectivity index (χ4v) is 3.40. The molecule has 1 aliphatic heterocycles. The van der Waals surface area contributed by atoms with Gasteiger partial charge in [-0.1, -0.05) is 24.3 Å². The van der Waals surface area contributed by atoms with Crippen molar-refractivity contribution in [2.24, 2.45) is 0 Å². The largest absolute Gasteiger partial charge is 0.495 e. The van der Waals surface area contributed by atoms with Crippen LogP contribution in [0.1, 0.15) is 5.56 Å². The first-order valence-electron chi connectivity index (χ1n) is 10.3. The monoisotopic (exact) mass is 412 g/mol. The lowest BCUT2D eigenvalue weighted by Gasteiger charge is -2.30. The van der Waals surface area contributed by atoms with Crippen LogP contribution >= 0.6 is 0 Å². The van der Waals surface area contributed by atoms with Crippen LogP contribution < -0.4 is 15.0 Å². The molecule has 162 valence electrons. The predicted octanol–water partition coefficient (Wildman–Crippen LogP) is 3.13. The van der Waals surface area contributed by atoms with Gasteiger partial charge in [-0.15, -0.1) is 0 Å². The number of morpholine rings is 1. The molecule has 1 heterocycles. The van der Waals surface area contributed by atoms with E-state index < -0.39 is 0 Å². The minimum Gasteiger partial charge on any atom is -0.495 e. The summed E-state index contributed by atoms with van der Waals surface area (Å²) in [6.45, 7) is 5.30. The van der Waals surface area contributed by atoms with E-state index in [2.05, 4.69) is 39.4 Å². The van der Waals surface area contributed by atoms with Crippen LogP contribution in [0.5, 0.6) is 5.75 Å². The summed E-state index contributed by atoms with van der Waals surface area (Å²) in [5.74, 6) is 0.648. The Kier molecular flexibility index (Phi) is 7.93. The van der Waals surface area contributed by atoms with E-state index in [-0.39, 0.29) is 6.03 Å². The van der Waals surface area contributed by atoms with Gasteiger partial charge in [0.1, 0.15) is 5.75 Å². The second-order valence-corrected chi connectivity index (χ2v) is 7.57. The standard InChI is InChI=1S/C23H32N4O3/c1-25(2)20-10-8-19(9-11-20)18-27(13-12-26-14-16-30-17-15-26)23(28)24-21-6-4-5-7-22(21)29-3/h4-11H,12-18H2,1-3H3,(H,24,28). The molecule has 1 aliphatic rings. The molecule has 30 heavy (non-hydrogen) atoms. The highest BCUT2D eigenvalue weighted by atomic mass is 16.5. The first kappa shape index (κ1) is 21.9. The average molecular weight is 413 g/mol. The van der Waals surface area contributed by atoms with Crippen molar-refractivity contribution >= 4 is 17.4 Å². The summed E-state index contributed by atoms with van der Waals surface area (Å²) in [7, 11) is 5.64. The third-order valence-corrected chi connectivity index (χ3v) is 5.25. The van der Waals surface area contributed by atoms with Crippen molar-refractivity contribution in [1.82, 2.24) is 9.80 Å². The van der Waals surface area contributed by atoms with Gasteiger partial charge < -0.3 is 24.6 Å². The number of hydrogen-bond donors (Lipinski definition) is 1. The Bertz CT molecular complexity index is 804. The molecule has 0 aliphatic carbocycles. The molecular formula is C23H32N4O3. The maximum atomic E-state index is 13.1. The van der Waals surface area contributed by atoms with Crippen LogP contribution in [0.25, 0.3) is 0 Å². The van der Waals surface area contributed by atoms with E-state index in [4.69, 9.17) is 9.47 Å². The molecule has 2 aromatic rings. The van der Waals surface area contributed by atoms with Gasteiger partial charge in [0, 0.05) is 52.5 Å². The number of nitrogens with one attached hydrogen (secondary N) is 1. The van der Waals surface area contributed by atoms with Gasteiger partial charge in [0.25, 0.3) is 0 Å². The molecule has 1 N–H and O–H groups in total. The smallest absolute Gasteiger partial charge is 0.322 e. The minimum atomic E-state index is -0.135. The third-order valence-electron chi connectivity index (χ3n) is 5.25. The molecule has 7 heteroatoms. The molecule has 0 saturated carbocycles. The lowest BCUT2D eigenvalue weighted by atomic mass is 10.2. The van der Waals surface area contributed by atoms with E-state index in [0.717, 1.165) is 44.1 Å². The number of para-hydroxylation sites is 2. The summed E-state index contributed by atoms with van der Waals surface area (Å²) in [5.41, 5.74) is 2.90. The number of carbonyl (C=O) groups is 1. The number of rotatable bonds is 8. The molecule has 0 spiro atoms. The van der Waals surface area contributed by atoms with Crippen molar-refractivity contribution in [3.8, 4) is 5.75 Å². The number of anilines is 2. The van der Waals surface area contributed by atoms with Crippen molar-refractivity contribution in [2.75, 3.05) is 70.8 Å². The Morgan fingerprint density at radius 2 is 1.80 bits per heavy atom. The summed E-state index contributed by atoms with van der Waals surface area (Å²) >= 11 is 0. The lowest BCUT2D eigenvalue weighted by Crippen LogP contribution is -2.44. The molecule has 0 aromatic heterocycles. The van der Waals surface area contributed by atoms with Gasteiger partial charge >= 0.3 is 6.03 Å². The number of methoxy groups -OCH3 is 1. The number of nitrogens with zero attached hydrogens (tertiary/aromatic N) is 3. The molecule has 0 radical (unpaired) electrons. The first-order chi connectivity index (χ1) is 14.6. The van der Waals surface area contributed by atoms with Crippen molar-refractivity contribution in [3.63, 3.8) is 0 Å². The van der Waals surface area contributed by atoms with E-state index in [9.17, 15) is 4.79 Å². The van der Waals surface area contributed by atoms with Crippen molar-refractivity contribution < 1.29 is 14.3 Å². The van der Waals surface area contributed by atoms with Crippen LogP contribution in [-0.2, 0) is 11.3 Å². The molecule has 0 atom stereocenters. The zero-order valence-electron chi connectivity index (χ0n) is 18.1. The third kappa shape index (κ3) is 6.11. The van der Waals surface area contributed by atoms with Crippen LogP contribution in [0, 0.1) is 0 Å². The number of benzene rings is 2. The van der Waals surface area contributed by atoms with Gasteiger partial charge in [-0.3, -0.25) is 4.90 Å². The van der Waals surface area contributed by atoms with Crippen molar-refractivity contribution in [2.45, 2.75) is 6.54 Å². The number of hydrogen-bond acceptors (Lipinski definition) is 5. The highest BCUT2D eigenvalue weighted by Gasteiger charge is 2.18. The Labute approximate surface area is 179 Å². The highest BCUT2D eigenvalue weighted by Crippen LogP contribution is 2.24. The number of ether oxygens (including phenoxy) is 2. The molecule has 1 fully saturated rings. The van der Waals surface area contributed by atoms with Gasteiger partial charge in [-0.2, -0.15) is 0 Å². The number of urea groups is 1. The topological polar surface area (TPSA) is 57.3 Å². The Hall–Kier alpha value is -2.77. The fourth-order valence-electron chi connectivity index (χ4n) is 3.40. The Morgan fingerprint density at radius 3 is 2.47 bits per heavy atom. The van der Waals surface area contributed by atoms with Crippen LogP contribution in [0.2, 0.25) is 0 Å². The van der Waals surface area contributed by atoms with Gasteiger partial charge in [0.15, 0.2) is 0 Å². The van der Waals surface area contributed by atoms with Gasteiger partial charge in [-0.25, -0.2) is 4.79 Å². The zero-order valence-corrected chi connectivity index (χ0v) is 18.1. The molecule has 0 bridgehead atoms. The molecule has 7 nitrogen and oxygen atoms in total. The highest BCUT2D eigenvalue weighted by molar-refractivity contribution is 5.91. The normalized spacial score (nSPS) is 14.2. The van der Waals surface area contributed by atoms with Gasteiger partial charge in [-0.05, 0) is 29.8 Å². The molecule has 2 aromatic carbocycles. The van der Waals surface area contributed by atoms with E-state index in [1.165, 1.54) is 0 Å². The summed E-state index contributed by atoms with van der Waals surface area (Å²) in [5, 5.41) is 3.01. The molecule has 3 rings (SSSR count). The maximum absolute atomic E-state index is 13.1. The van der Waals surface area contributed by atoms with Crippen LogP contribution in [0.3, 0.4) is 0 Å². The quantitative estimate of drug-likeness (QED) is 0.722. The molecule has 0 unspecified atom stereocenters. The minimum absolute atomic E-state index is 0.135. The van der Waals surface area contributed by atoms with E-state index in [0.29, 0.717) is 24.5 Å². The van der Waals surface area contributed by atoms with Gasteiger partial charge in [0.05, 0.1) is 26.0 Å². The molecule has 2 amide bonds. The van der Waals surface area contributed by atoms with Gasteiger partial charge in [0.2, 0.25) is 0 Å². The Balaban J connectivity index is 1.70. The van der Waals surface area contributed by atoms with E-state index >= 15 is 0 Å². The summed E-state index contributed by atoms with van der Waals surface area (Å²) in [4.78, 5) is 19.4. The second kappa shape index (κ2) is 10.8. The van der Waals surface area contributed by atoms with E-state index in [1.54, 1.807) is 7.11 Å². The number of amides is 2. The van der Waals surface area contributed by atoms with Crippen molar-refractivity contribution in [3.05, 3.63) is 54.1 Å². The zero-order chi connectivity index (χ0) is 21.3. The molecule has 1 saturated heterocycles. The molecular weight excluding hydrogens is 380 g/mol. The predicted molar refractivity (Wildman–Crippen MR) is 120 cm³/mol. The summed E-state index contributed by atoms with van der Waals surface area (Å²) < 4.78 is 10.8. The maximum Gasteiger partial charge on any atom is 0.322 e. The van der Waals surface area contributed by atoms with E-state index in [1.807, 2.05) is 43.3 Å². The van der Waals surface area contributed by atoms with Crippen molar-refractivity contribution in [1.29, 1.82) is 0 Å². The number of carbonyl (C=O) groups excluding carboxylic acids is 1. The van der Waals surface area contributed by atoms with Crippen LogP contribution in [-0.4, -0.2) is 76.4 Å². The van der Waals surface area contributed by atoms with Crippen LogP contribution in [0.4, 0.5) is 16.2 Å². The lowest BCUT2D eigenvalue weighted by molar-refractivity contribution is 0.0349. The second-order valence-electron chi connectivity index (χ2n) is 7.57. The fraction of sp³-hybridized carbons (Fsp3) is 0.435. The van der Waals surface area contributed by atoms with Crippen LogP contribution in [0.15, 0.2) is 48.5 Å². The summed E-state index contributed by atoms with van der Waals surface area (Å²) in [6, 6.07) is 15.6. The first-order valence-corrected chi connectivity index (χ1v) is 10.3. The average Bonchev–Trinajstić information content (AvgIpc) is 2.78. The summed E-state index contributed by atoms with van der Waals surface area (Å²) in [6.07, 6.45) is 0. The Morgan fingerprint density at radius 1 is 1.10 bits per heavy atom. The SMILES string of the molecule is COc1ccccc1NC(=O)N(CCN1CCOCC1)Cc1ccc(N(C)C)cc1.